The van der Waals surface area contributed by atoms with Gasteiger partial charge in [0.15, 0.2) is 5.82 Å². The van der Waals surface area contributed by atoms with Crippen molar-refractivity contribution in [2.75, 3.05) is 0 Å². The minimum absolute atomic E-state index is 0.133. The van der Waals surface area contributed by atoms with Crippen LogP contribution in [-0.4, -0.2) is 15.9 Å². The lowest BCUT2D eigenvalue weighted by Gasteiger charge is -1.96. The molecule has 18 heavy (non-hydrogen) atoms. The van der Waals surface area contributed by atoms with E-state index >= 15 is 0 Å². The summed E-state index contributed by atoms with van der Waals surface area (Å²) in [5.41, 5.74) is 0. The molecule has 94 valence electrons. The first kappa shape index (κ1) is 12.8. The Morgan fingerprint density at radius 1 is 1.33 bits per heavy atom. The molecule has 0 N–H and O–H groups in total. The normalized spacial score (nSPS) is 10.5. The lowest BCUT2D eigenvalue weighted by Crippen LogP contribution is -1.94. The van der Waals surface area contributed by atoms with Crippen LogP contribution in [0.1, 0.15) is 25.1 Å². The summed E-state index contributed by atoms with van der Waals surface area (Å²) in [6.45, 7) is 1.56. The van der Waals surface area contributed by atoms with E-state index in [2.05, 4.69) is 10.1 Å². The van der Waals surface area contributed by atoms with E-state index in [0.717, 1.165) is 0 Å². The number of aromatic nitrogens is 2. The first-order valence-electron chi connectivity index (χ1n) is 5.73. The molecule has 0 amide bonds. The van der Waals surface area contributed by atoms with Crippen LogP contribution in [0, 0.1) is 0 Å². The van der Waals surface area contributed by atoms with E-state index in [0.29, 0.717) is 30.3 Å². The van der Waals surface area contributed by atoms with Crippen LogP contribution < -0.4 is 0 Å². The van der Waals surface area contributed by atoms with E-state index in [-0.39, 0.29) is 5.78 Å². The maximum atomic E-state index is 10.8. The monoisotopic (exact) mass is 262 g/mol. The van der Waals surface area contributed by atoms with Crippen molar-refractivity contribution in [2.45, 2.75) is 30.4 Å². The van der Waals surface area contributed by atoms with Gasteiger partial charge in [-0.15, -0.1) is 11.8 Å². The summed E-state index contributed by atoms with van der Waals surface area (Å²) in [5, 5.41) is 3.89. The number of nitrogens with zero attached hydrogens (tertiary/aromatic N) is 2. The number of ketones is 1. The van der Waals surface area contributed by atoms with Gasteiger partial charge in [0.05, 0.1) is 5.75 Å². The Morgan fingerprint density at radius 3 is 2.83 bits per heavy atom. The zero-order chi connectivity index (χ0) is 12.8. The highest BCUT2D eigenvalue weighted by atomic mass is 32.2. The van der Waals surface area contributed by atoms with Crippen molar-refractivity contribution in [3.63, 3.8) is 0 Å². The van der Waals surface area contributed by atoms with Crippen LogP contribution in [0.15, 0.2) is 39.8 Å². The highest BCUT2D eigenvalue weighted by Gasteiger charge is 2.07. The van der Waals surface area contributed by atoms with Crippen molar-refractivity contribution in [1.82, 2.24) is 10.1 Å². The molecule has 0 atom stereocenters. The van der Waals surface area contributed by atoms with Crippen LogP contribution >= 0.6 is 11.8 Å². The largest absolute Gasteiger partial charge is 0.339 e. The lowest BCUT2D eigenvalue weighted by atomic mass is 10.2. The van der Waals surface area contributed by atoms with Crippen molar-refractivity contribution in [1.29, 1.82) is 0 Å². The Morgan fingerprint density at radius 2 is 2.11 bits per heavy atom. The SMILES string of the molecule is CC(=O)CCc1nc(CSc2ccccc2)no1. The number of hydrogen-bond donors (Lipinski definition) is 0. The molecule has 0 radical (unpaired) electrons. The summed E-state index contributed by atoms with van der Waals surface area (Å²) in [4.78, 5) is 16.3. The zero-order valence-corrected chi connectivity index (χ0v) is 10.9. The van der Waals surface area contributed by atoms with Crippen LogP contribution in [0.5, 0.6) is 0 Å². The Hall–Kier alpha value is -1.62. The minimum Gasteiger partial charge on any atom is -0.339 e. The molecule has 1 aromatic carbocycles. The predicted octanol–water partition coefficient (Wildman–Crippen LogP) is 2.88. The highest BCUT2D eigenvalue weighted by molar-refractivity contribution is 7.98. The second-order valence-corrected chi connectivity index (χ2v) is 4.96. The van der Waals surface area contributed by atoms with E-state index < -0.39 is 0 Å². The molecule has 0 saturated carbocycles. The molecule has 0 spiro atoms. The van der Waals surface area contributed by atoms with Gasteiger partial charge in [-0.25, -0.2) is 0 Å². The van der Waals surface area contributed by atoms with Crippen molar-refractivity contribution < 1.29 is 9.32 Å². The maximum Gasteiger partial charge on any atom is 0.227 e. The molecule has 0 aliphatic carbocycles. The van der Waals surface area contributed by atoms with E-state index in [1.807, 2.05) is 30.3 Å². The first-order valence-corrected chi connectivity index (χ1v) is 6.71. The smallest absolute Gasteiger partial charge is 0.227 e. The van der Waals surface area contributed by atoms with Gasteiger partial charge in [-0.05, 0) is 19.1 Å². The molecule has 4 nitrogen and oxygen atoms in total. The second kappa shape index (κ2) is 6.35. The van der Waals surface area contributed by atoms with E-state index in [9.17, 15) is 4.79 Å². The molecule has 0 unspecified atom stereocenters. The van der Waals surface area contributed by atoms with Gasteiger partial charge in [0.2, 0.25) is 5.89 Å². The fourth-order valence-corrected chi connectivity index (χ4v) is 2.16. The molecular weight excluding hydrogens is 248 g/mol. The van der Waals surface area contributed by atoms with Crippen molar-refractivity contribution in [3.05, 3.63) is 42.0 Å². The summed E-state index contributed by atoms with van der Waals surface area (Å²) in [6, 6.07) is 10.1. The highest BCUT2D eigenvalue weighted by Crippen LogP contribution is 2.20. The number of rotatable bonds is 6. The Bertz CT molecular complexity index is 511. The number of hydrogen-bond acceptors (Lipinski definition) is 5. The number of thioether (sulfide) groups is 1. The van der Waals surface area contributed by atoms with Gasteiger partial charge >= 0.3 is 0 Å². The standard InChI is InChI=1S/C13H14N2O2S/c1-10(16)7-8-13-14-12(15-17-13)9-18-11-5-3-2-4-6-11/h2-6H,7-9H2,1H3. The number of carbonyl (C=O) groups is 1. The van der Waals surface area contributed by atoms with Crippen LogP contribution in [0.2, 0.25) is 0 Å². The second-order valence-electron chi connectivity index (χ2n) is 3.91. The molecule has 2 rings (SSSR count). The molecule has 0 bridgehead atoms. The van der Waals surface area contributed by atoms with Gasteiger partial charge in [0.25, 0.3) is 0 Å². The van der Waals surface area contributed by atoms with Gasteiger partial charge in [-0.1, -0.05) is 23.4 Å². The van der Waals surface area contributed by atoms with Crippen LogP contribution in [-0.2, 0) is 17.0 Å². The Labute approximate surface area is 110 Å². The van der Waals surface area contributed by atoms with E-state index in [1.54, 1.807) is 18.7 Å². The average Bonchev–Trinajstić information content (AvgIpc) is 2.83. The van der Waals surface area contributed by atoms with E-state index in [1.165, 1.54) is 4.90 Å². The van der Waals surface area contributed by atoms with Crippen molar-refractivity contribution in [2.24, 2.45) is 0 Å². The molecule has 0 fully saturated rings. The number of carbonyl (C=O) groups excluding carboxylic acids is 1. The number of benzene rings is 1. The fraction of sp³-hybridized carbons (Fsp3) is 0.308. The topological polar surface area (TPSA) is 56.0 Å². The maximum absolute atomic E-state index is 10.8. The fourth-order valence-electron chi connectivity index (χ4n) is 1.40. The number of Topliss-reactive ketones (excluding diaryl/α,β-unsaturated/α-hetero) is 1. The summed E-state index contributed by atoms with van der Waals surface area (Å²) in [7, 11) is 0. The quantitative estimate of drug-likeness (QED) is 0.749. The molecule has 1 aromatic heterocycles. The third-order valence-electron chi connectivity index (χ3n) is 2.31. The third kappa shape index (κ3) is 4.00. The first-order chi connectivity index (χ1) is 8.74. The molecule has 0 aliphatic rings. The van der Waals surface area contributed by atoms with Crippen LogP contribution in [0.3, 0.4) is 0 Å². The van der Waals surface area contributed by atoms with E-state index in [4.69, 9.17) is 4.52 Å². The molecule has 2 aromatic rings. The average molecular weight is 262 g/mol. The summed E-state index contributed by atoms with van der Waals surface area (Å²) < 4.78 is 5.08. The summed E-state index contributed by atoms with van der Waals surface area (Å²) in [5.74, 6) is 2.01. The van der Waals surface area contributed by atoms with Crippen molar-refractivity contribution in [3.8, 4) is 0 Å². The lowest BCUT2D eigenvalue weighted by molar-refractivity contribution is -0.117. The van der Waals surface area contributed by atoms with Crippen LogP contribution in [0.25, 0.3) is 0 Å². The Kier molecular flexibility index (Phi) is 4.52. The molecule has 0 aliphatic heterocycles. The van der Waals surface area contributed by atoms with Gasteiger partial charge < -0.3 is 9.32 Å². The third-order valence-corrected chi connectivity index (χ3v) is 3.32. The van der Waals surface area contributed by atoms with Gasteiger partial charge in [-0.3, -0.25) is 0 Å². The summed E-state index contributed by atoms with van der Waals surface area (Å²) in [6.07, 6.45) is 0.978. The van der Waals surface area contributed by atoms with Gasteiger partial charge in [-0.2, -0.15) is 4.98 Å². The zero-order valence-electron chi connectivity index (χ0n) is 10.1. The molecular formula is C13H14N2O2S. The Balaban J connectivity index is 1.85. The van der Waals surface area contributed by atoms with Gasteiger partial charge in [0.1, 0.15) is 5.78 Å². The number of aryl methyl sites for hydroxylation is 1. The molecule has 0 saturated heterocycles. The molecule has 1 heterocycles. The van der Waals surface area contributed by atoms with Crippen LogP contribution in [0.4, 0.5) is 0 Å². The van der Waals surface area contributed by atoms with Gasteiger partial charge in [0, 0.05) is 17.7 Å². The molecule has 5 heteroatoms. The predicted molar refractivity (Wildman–Crippen MR) is 69.3 cm³/mol. The van der Waals surface area contributed by atoms with Crippen molar-refractivity contribution >= 4 is 17.5 Å². The summed E-state index contributed by atoms with van der Waals surface area (Å²) >= 11 is 1.66. The minimum atomic E-state index is 0.133.